The van der Waals surface area contributed by atoms with E-state index in [9.17, 15) is 8.42 Å². The first-order chi connectivity index (χ1) is 16.8. The van der Waals surface area contributed by atoms with Crippen LogP contribution in [0.4, 0.5) is 10.2 Å². The number of rotatable bonds is 4. The molecule has 35 heavy (non-hydrogen) atoms. The first-order valence-corrected chi connectivity index (χ1v) is 13.5. The fraction of sp³-hybridized carbons (Fsp3) is 0.261. The second-order valence-electron chi connectivity index (χ2n) is 8.89. The molecule has 1 saturated carbocycles. The zero-order valence-electron chi connectivity index (χ0n) is 18.5. The van der Waals surface area contributed by atoms with Crippen LogP contribution in [0.15, 0.2) is 59.0 Å². The number of aromatic nitrogens is 3. The molecule has 9 nitrogen and oxygen atoms in total. The van der Waals surface area contributed by atoms with Crippen LogP contribution >= 0.6 is 12.1 Å². The number of nitrogens with one attached hydrogen (secondary N) is 1. The molecule has 1 aliphatic heterocycles. The summed E-state index contributed by atoms with van der Waals surface area (Å²) in [5, 5.41) is 6.34. The maximum atomic E-state index is 15.8. The number of primary sulfonamides is 1. The van der Waals surface area contributed by atoms with Crippen molar-refractivity contribution < 1.29 is 12.8 Å². The molecule has 0 amide bonds. The number of nitrogen functional groups attached to an aromatic ring is 1. The average molecular weight is 512 g/mol. The van der Waals surface area contributed by atoms with E-state index >= 15 is 4.39 Å². The Hall–Kier alpha value is -3.22. The van der Waals surface area contributed by atoms with E-state index in [4.69, 9.17) is 10.9 Å². The van der Waals surface area contributed by atoms with Crippen molar-refractivity contribution in [2.45, 2.75) is 36.5 Å². The van der Waals surface area contributed by atoms with E-state index in [0.29, 0.717) is 39.7 Å². The smallest absolute Gasteiger partial charge is 0.228 e. The van der Waals surface area contributed by atoms with Gasteiger partial charge in [-0.25, -0.2) is 27.9 Å². The van der Waals surface area contributed by atoms with Gasteiger partial charge in [0.15, 0.2) is 4.75 Å². The SMILES string of the molecule is Nc1ncnc2c1c(-c1ccc(C3(S(N)(=O)=O)C=CC=C4NSN=C43)c(F)c1)cn2C1CCCC1. The Labute approximate surface area is 205 Å². The van der Waals surface area contributed by atoms with Crippen LogP contribution in [-0.4, -0.2) is 28.7 Å². The van der Waals surface area contributed by atoms with Gasteiger partial charge in [-0.3, -0.25) is 0 Å². The molecule has 0 radical (unpaired) electrons. The lowest BCUT2D eigenvalue weighted by Crippen LogP contribution is -2.48. The van der Waals surface area contributed by atoms with E-state index in [1.54, 1.807) is 12.1 Å². The average Bonchev–Trinajstić information content (AvgIpc) is 3.57. The van der Waals surface area contributed by atoms with Crippen LogP contribution in [0.1, 0.15) is 37.3 Å². The van der Waals surface area contributed by atoms with Gasteiger partial charge in [-0.1, -0.05) is 37.1 Å². The van der Waals surface area contributed by atoms with Gasteiger partial charge in [0, 0.05) is 23.4 Å². The van der Waals surface area contributed by atoms with Crippen LogP contribution < -0.4 is 15.6 Å². The molecular formula is C23H22FN7O2S2. The van der Waals surface area contributed by atoms with E-state index in [2.05, 4.69) is 23.7 Å². The highest BCUT2D eigenvalue weighted by Gasteiger charge is 2.51. The zero-order valence-corrected chi connectivity index (χ0v) is 20.1. The molecule has 1 fully saturated rings. The van der Waals surface area contributed by atoms with E-state index in [-0.39, 0.29) is 11.3 Å². The summed E-state index contributed by atoms with van der Waals surface area (Å²) in [4.78, 5) is 8.62. The number of nitrogens with two attached hydrogens (primary N) is 2. The molecule has 5 N–H and O–H groups in total. The number of hydrogen-bond donors (Lipinski definition) is 3. The van der Waals surface area contributed by atoms with Gasteiger partial charge in [-0.05, 0) is 30.5 Å². The van der Waals surface area contributed by atoms with Gasteiger partial charge < -0.3 is 15.0 Å². The van der Waals surface area contributed by atoms with Crippen molar-refractivity contribution in [3.05, 3.63) is 66.0 Å². The van der Waals surface area contributed by atoms with Crippen molar-refractivity contribution >= 4 is 44.7 Å². The monoisotopic (exact) mass is 511 g/mol. The molecular weight excluding hydrogens is 489 g/mol. The minimum absolute atomic E-state index is 0.0996. The predicted molar refractivity (Wildman–Crippen MR) is 135 cm³/mol. The van der Waals surface area contributed by atoms with Crippen molar-refractivity contribution in [3.8, 4) is 11.1 Å². The number of anilines is 1. The number of benzene rings is 1. The molecule has 12 heteroatoms. The number of nitrogens with zero attached hydrogens (tertiary/aromatic N) is 4. The van der Waals surface area contributed by atoms with Crippen molar-refractivity contribution in [2.75, 3.05) is 5.73 Å². The van der Waals surface area contributed by atoms with E-state index in [0.717, 1.165) is 37.8 Å². The second-order valence-corrected chi connectivity index (χ2v) is 11.2. The molecule has 3 aromatic rings. The third-order valence-electron chi connectivity index (χ3n) is 6.98. The third kappa shape index (κ3) is 3.23. The van der Waals surface area contributed by atoms with Gasteiger partial charge >= 0.3 is 0 Å². The minimum atomic E-state index is -4.34. The van der Waals surface area contributed by atoms with Crippen molar-refractivity contribution in [1.82, 2.24) is 19.3 Å². The van der Waals surface area contributed by atoms with E-state index in [1.165, 1.54) is 30.6 Å². The predicted octanol–water partition coefficient (Wildman–Crippen LogP) is 3.48. The van der Waals surface area contributed by atoms with Gasteiger partial charge in [-0.15, -0.1) is 0 Å². The molecule has 3 heterocycles. The zero-order chi connectivity index (χ0) is 24.4. The Balaban J connectivity index is 1.53. The summed E-state index contributed by atoms with van der Waals surface area (Å²) in [7, 11) is -4.34. The quantitative estimate of drug-likeness (QED) is 0.455. The lowest BCUT2D eigenvalue weighted by molar-refractivity contribution is 0.532. The van der Waals surface area contributed by atoms with Gasteiger partial charge in [0.05, 0.1) is 23.2 Å². The molecule has 2 aliphatic carbocycles. The molecule has 2 aromatic heterocycles. The Morgan fingerprint density at radius 2 is 2.03 bits per heavy atom. The topological polar surface area (TPSA) is 141 Å². The molecule has 1 aromatic carbocycles. The van der Waals surface area contributed by atoms with Crippen molar-refractivity contribution in [2.24, 2.45) is 9.54 Å². The minimum Gasteiger partial charge on any atom is -0.383 e. The highest BCUT2D eigenvalue weighted by atomic mass is 32.2. The van der Waals surface area contributed by atoms with Crippen LogP contribution in [0.3, 0.4) is 0 Å². The first kappa shape index (κ1) is 22.3. The Morgan fingerprint density at radius 1 is 1.23 bits per heavy atom. The third-order valence-corrected chi connectivity index (χ3v) is 9.01. The van der Waals surface area contributed by atoms with Crippen molar-refractivity contribution in [3.63, 3.8) is 0 Å². The summed E-state index contributed by atoms with van der Waals surface area (Å²) in [6, 6.07) is 4.73. The lowest BCUT2D eigenvalue weighted by Gasteiger charge is -2.31. The summed E-state index contributed by atoms with van der Waals surface area (Å²) in [5.74, 6) is -0.417. The molecule has 0 saturated heterocycles. The molecule has 0 bridgehead atoms. The summed E-state index contributed by atoms with van der Waals surface area (Å²) in [6.07, 6.45) is 12.3. The Bertz CT molecular complexity index is 1570. The molecule has 6 rings (SSSR count). The Kier molecular flexibility index (Phi) is 5.02. The summed E-state index contributed by atoms with van der Waals surface area (Å²) < 4.78 is 48.9. The second kappa shape index (κ2) is 7.90. The number of hydrogen-bond acceptors (Lipinski definition) is 8. The fourth-order valence-corrected chi connectivity index (χ4v) is 7.19. The maximum Gasteiger partial charge on any atom is 0.228 e. The van der Waals surface area contributed by atoms with Crippen molar-refractivity contribution in [1.29, 1.82) is 0 Å². The van der Waals surface area contributed by atoms with Crippen LogP contribution in [0.2, 0.25) is 0 Å². The van der Waals surface area contributed by atoms with Gasteiger partial charge in [0.25, 0.3) is 0 Å². The summed E-state index contributed by atoms with van der Waals surface area (Å²) in [5.41, 5.74) is 8.69. The molecule has 3 aliphatic rings. The van der Waals surface area contributed by atoms with Crippen LogP contribution in [-0.2, 0) is 14.8 Å². The lowest BCUT2D eigenvalue weighted by atomic mass is 9.86. The van der Waals surface area contributed by atoms with Gasteiger partial charge in [0.1, 0.15) is 29.3 Å². The van der Waals surface area contributed by atoms with E-state index < -0.39 is 20.6 Å². The normalized spacial score (nSPS) is 22.2. The molecule has 180 valence electrons. The molecule has 0 spiro atoms. The maximum absolute atomic E-state index is 15.8. The summed E-state index contributed by atoms with van der Waals surface area (Å²) in [6.45, 7) is 0. The number of allylic oxidation sites excluding steroid dienone is 3. The van der Waals surface area contributed by atoms with Gasteiger partial charge in [0.2, 0.25) is 10.0 Å². The number of sulfonamides is 1. The van der Waals surface area contributed by atoms with Crippen LogP contribution in [0.5, 0.6) is 0 Å². The largest absolute Gasteiger partial charge is 0.383 e. The van der Waals surface area contributed by atoms with E-state index in [1.807, 2.05) is 6.20 Å². The highest BCUT2D eigenvalue weighted by Crippen LogP contribution is 2.43. The number of halogens is 1. The van der Waals surface area contributed by atoms with Crippen LogP contribution in [0.25, 0.3) is 22.2 Å². The fourth-order valence-electron chi connectivity index (χ4n) is 5.33. The summed E-state index contributed by atoms with van der Waals surface area (Å²) >= 11 is 0.973. The standard InChI is InChI=1S/C23H22FN7O2S2/c24-17-10-13(15-11-31(14-4-1-2-5-14)22-19(15)21(25)27-12-28-22)7-8-16(17)23(35(26,32)33)9-3-6-18-20(23)30-34-29-18/h3,6-12,14,29H,1-2,4-5H2,(H2,25,27,28)(H2,26,32,33). The van der Waals surface area contributed by atoms with Crippen LogP contribution in [0, 0.1) is 5.82 Å². The molecule has 1 unspecified atom stereocenters. The Morgan fingerprint density at radius 3 is 2.77 bits per heavy atom. The highest BCUT2D eigenvalue weighted by molar-refractivity contribution is 7.97. The van der Waals surface area contributed by atoms with Gasteiger partial charge in [-0.2, -0.15) is 4.40 Å². The molecule has 1 atom stereocenters. The number of fused-ring (bicyclic) bond motifs is 2. The first-order valence-electron chi connectivity index (χ1n) is 11.2.